The van der Waals surface area contributed by atoms with Crippen molar-refractivity contribution in [1.29, 1.82) is 5.26 Å². The lowest BCUT2D eigenvalue weighted by atomic mass is 10.0. The molecule has 1 atom stereocenters. The summed E-state index contributed by atoms with van der Waals surface area (Å²) in [5, 5.41) is 15.9. The molecule has 156 valence electrons. The van der Waals surface area contributed by atoms with Crippen molar-refractivity contribution in [2.75, 3.05) is 16.8 Å². The van der Waals surface area contributed by atoms with Crippen LogP contribution in [0.25, 0.3) is 16.9 Å². The number of nitrogens with one attached hydrogen (secondary N) is 1. The molecule has 31 heavy (non-hydrogen) atoms. The van der Waals surface area contributed by atoms with Crippen molar-refractivity contribution < 1.29 is 8.78 Å². The minimum atomic E-state index is -0.889. The van der Waals surface area contributed by atoms with Gasteiger partial charge in [-0.3, -0.25) is 0 Å². The summed E-state index contributed by atoms with van der Waals surface area (Å²) in [6.45, 7) is 1.74. The molecule has 0 aliphatic carbocycles. The second-order valence-electron chi connectivity index (χ2n) is 6.60. The van der Waals surface area contributed by atoms with Gasteiger partial charge in [-0.05, 0) is 19.1 Å². The normalized spacial score (nSPS) is 12.0. The van der Waals surface area contributed by atoms with Crippen molar-refractivity contribution in [1.82, 2.24) is 24.6 Å². The highest BCUT2D eigenvalue weighted by molar-refractivity contribution is 6.33. The summed E-state index contributed by atoms with van der Waals surface area (Å²) in [6.07, 6.45) is 1.51. The Hall–Kier alpha value is -4.04. The Balaban J connectivity index is 1.88. The molecule has 0 amide bonds. The Kier molecular flexibility index (Phi) is 5.00. The summed E-state index contributed by atoms with van der Waals surface area (Å²) >= 11 is 5.98. The van der Waals surface area contributed by atoms with Crippen LogP contribution in [0.1, 0.15) is 24.1 Å². The standard InChI is InChI=1S/C19H14ClF2N9/c1-8(26-17-11(6-23)16(24)28-19(25)29-17)12-7-31-18(13(20)15(22)30-31)27-14(12)9-3-2-4-10(21)5-9/h2-5,7-8H,1H3,(H5,24,25,26,28,29)/t8-/m0/s1. The zero-order valence-electron chi connectivity index (χ0n) is 15.9. The van der Waals surface area contributed by atoms with Crippen molar-refractivity contribution in [2.24, 2.45) is 0 Å². The zero-order chi connectivity index (χ0) is 22.3. The summed E-state index contributed by atoms with van der Waals surface area (Å²) in [5.74, 6) is -1.45. The lowest BCUT2D eigenvalue weighted by Crippen LogP contribution is -2.15. The second kappa shape index (κ2) is 7.66. The van der Waals surface area contributed by atoms with Crippen molar-refractivity contribution in [3.8, 4) is 17.3 Å². The van der Waals surface area contributed by atoms with Gasteiger partial charge in [0.05, 0.1) is 11.7 Å². The molecule has 0 aliphatic heterocycles. The minimum absolute atomic E-state index is 0.00979. The Bertz CT molecular complexity index is 1360. The van der Waals surface area contributed by atoms with Gasteiger partial charge in [0, 0.05) is 17.3 Å². The van der Waals surface area contributed by atoms with Crippen LogP contribution in [0.5, 0.6) is 0 Å². The molecule has 0 spiro atoms. The number of nitriles is 1. The fourth-order valence-corrected chi connectivity index (χ4v) is 3.28. The molecule has 4 aromatic rings. The Morgan fingerprint density at radius 1 is 1.23 bits per heavy atom. The Labute approximate surface area is 179 Å². The number of halogens is 3. The first kappa shape index (κ1) is 20.2. The van der Waals surface area contributed by atoms with E-state index < -0.39 is 17.8 Å². The summed E-state index contributed by atoms with van der Waals surface area (Å²) in [6, 6.07) is 7.11. The number of fused-ring (bicyclic) bond motifs is 1. The lowest BCUT2D eigenvalue weighted by molar-refractivity contribution is 0.570. The topological polar surface area (TPSA) is 144 Å². The highest BCUT2D eigenvalue weighted by Gasteiger charge is 2.22. The molecule has 0 unspecified atom stereocenters. The molecule has 0 fully saturated rings. The monoisotopic (exact) mass is 441 g/mol. The van der Waals surface area contributed by atoms with Crippen LogP contribution in [0.4, 0.5) is 26.4 Å². The SMILES string of the molecule is C[C@H](Nc1nc(N)nc(N)c1C#N)c1cn2nc(F)c(Cl)c2nc1-c1cccc(F)c1. The van der Waals surface area contributed by atoms with Gasteiger partial charge in [-0.25, -0.2) is 13.9 Å². The smallest absolute Gasteiger partial charge is 0.253 e. The van der Waals surface area contributed by atoms with Crippen LogP contribution in [0.15, 0.2) is 30.5 Å². The van der Waals surface area contributed by atoms with Gasteiger partial charge in [-0.1, -0.05) is 23.7 Å². The van der Waals surface area contributed by atoms with Crippen LogP contribution >= 0.6 is 11.6 Å². The molecular formula is C19H14ClF2N9. The largest absolute Gasteiger partial charge is 0.382 e. The third-order valence-corrected chi connectivity index (χ3v) is 4.85. The first-order valence-corrected chi connectivity index (χ1v) is 9.26. The van der Waals surface area contributed by atoms with Crippen molar-refractivity contribution >= 4 is 34.8 Å². The van der Waals surface area contributed by atoms with E-state index in [1.807, 2.05) is 6.07 Å². The maximum Gasteiger partial charge on any atom is 0.253 e. The number of aromatic nitrogens is 5. The van der Waals surface area contributed by atoms with Crippen LogP contribution in [0.2, 0.25) is 5.02 Å². The first-order chi connectivity index (χ1) is 14.8. The van der Waals surface area contributed by atoms with E-state index in [-0.39, 0.29) is 33.8 Å². The average molecular weight is 442 g/mol. The van der Waals surface area contributed by atoms with Gasteiger partial charge in [0.2, 0.25) is 5.95 Å². The predicted octanol–water partition coefficient (Wildman–Crippen LogP) is 3.33. The Morgan fingerprint density at radius 2 is 2.00 bits per heavy atom. The molecule has 5 N–H and O–H groups in total. The first-order valence-electron chi connectivity index (χ1n) is 8.88. The number of hydrogen-bond donors (Lipinski definition) is 3. The molecule has 4 rings (SSSR count). The molecule has 12 heteroatoms. The molecule has 0 bridgehead atoms. The second-order valence-corrected chi connectivity index (χ2v) is 6.97. The van der Waals surface area contributed by atoms with Gasteiger partial charge >= 0.3 is 0 Å². The van der Waals surface area contributed by atoms with Gasteiger partial charge in [-0.15, -0.1) is 5.10 Å². The highest BCUT2D eigenvalue weighted by Crippen LogP contribution is 2.32. The van der Waals surface area contributed by atoms with E-state index in [0.717, 1.165) is 0 Å². The van der Waals surface area contributed by atoms with Crippen molar-refractivity contribution in [3.05, 3.63) is 58.4 Å². The van der Waals surface area contributed by atoms with Crippen molar-refractivity contribution in [3.63, 3.8) is 0 Å². The van der Waals surface area contributed by atoms with E-state index in [2.05, 4.69) is 25.4 Å². The summed E-state index contributed by atoms with van der Waals surface area (Å²) < 4.78 is 29.0. The number of nitrogens with two attached hydrogens (primary N) is 2. The molecule has 0 saturated carbocycles. The summed E-state index contributed by atoms with van der Waals surface area (Å²) in [4.78, 5) is 12.2. The van der Waals surface area contributed by atoms with E-state index in [4.69, 9.17) is 23.1 Å². The highest BCUT2D eigenvalue weighted by atomic mass is 35.5. The van der Waals surface area contributed by atoms with E-state index in [1.54, 1.807) is 13.0 Å². The van der Waals surface area contributed by atoms with E-state index in [9.17, 15) is 14.0 Å². The zero-order valence-corrected chi connectivity index (χ0v) is 16.7. The minimum Gasteiger partial charge on any atom is -0.382 e. The van der Waals surface area contributed by atoms with Gasteiger partial charge in [0.1, 0.15) is 28.3 Å². The third-order valence-electron chi connectivity index (χ3n) is 4.53. The van der Waals surface area contributed by atoms with Crippen molar-refractivity contribution in [2.45, 2.75) is 13.0 Å². The fourth-order valence-electron chi connectivity index (χ4n) is 3.11. The molecule has 0 aliphatic rings. The third kappa shape index (κ3) is 3.64. The molecule has 3 aromatic heterocycles. The fraction of sp³-hybridized carbons (Fsp3) is 0.105. The number of hydrogen-bond acceptors (Lipinski definition) is 8. The maximum absolute atomic E-state index is 13.9. The summed E-state index contributed by atoms with van der Waals surface area (Å²) in [7, 11) is 0. The molecule has 1 aromatic carbocycles. The van der Waals surface area contributed by atoms with Crippen LogP contribution in [0.3, 0.4) is 0 Å². The number of rotatable bonds is 4. The summed E-state index contributed by atoms with van der Waals surface area (Å²) in [5.41, 5.74) is 12.8. The quantitative estimate of drug-likeness (QED) is 0.437. The van der Waals surface area contributed by atoms with E-state index >= 15 is 0 Å². The van der Waals surface area contributed by atoms with E-state index in [0.29, 0.717) is 16.8 Å². The molecular weight excluding hydrogens is 428 g/mol. The van der Waals surface area contributed by atoms with Crippen LogP contribution in [-0.4, -0.2) is 24.6 Å². The number of nitrogens with zero attached hydrogens (tertiary/aromatic N) is 6. The van der Waals surface area contributed by atoms with Gasteiger partial charge in [0.25, 0.3) is 5.95 Å². The molecule has 9 nitrogen and oxygen atoms in total. The Morgan fingerprint density at radius 3 is 2.71 bits per heavy atom. The number of nitrogen functional groups attached to an aromatic ring is 2. The molecule has 0 radical (unpaired) electrons. The van der Waals surface area contributed by atoms with E-state index in [1.165, 1.54) is 28.9 Å². The van der Waals surface area contributed by atoms with Crippen LogP contribution < -0.4 is 16.8 Å². The van der Waals surface area contributed by atoms with Crippen LogP contribution in [-0.2, 0) is 0 Å². The maximum atomic E-state index is 13.9. The molecule has 0 saturated heterocycles. The predicted molar refractivity (Wildman–Crippen MR) is 111 cm³/mol. The van der Waals surface area contributed by atoms with Crippen LogP contribution in [0, 0.1) is 23.1 Å². The average Bonchev–Trinajstić information content (AvgIpc) is 3.00. The van der Waals surface area contributed by atoms with Gasteiger partial charge in [-0.2, -0.15) is 19.6 Å². The lowest BCUT2D eigenvalue weighted by Gasteiger charge is -2.19. The van der Waals surface area contributed by atoms with Gasteiger partial charge in [0.15, 0.2) is 11.5 Å². The number of benzene rings is 1. The number of anilines is 3. The van der Waals surface area contributed by atoms with Gasteiger partial charge < -0.3 is 16.8 Å². The molecule has 3 heterocycles.